The van der Waals surface area contributed by atoms with Crippen LogP contribution in [0.2, 0.25) is 10.0 Å². The van der Waals surface area contributed by atoms with E-state index in [9.17, 15) is 14.7 Å². The molecule has 1 aliphatic rings. The normalized spacial score (nSPS) is 18.2. The summed E-state index contributed by atoms with van der Waals surface area (Å²) in [6.45, 7) is 1.92. The quantitative estimate of drug-likeness (QED) is 0.378. The van der Waals surface area contributed by atoms with Crippen LogP contribution in [0.3, 0.4) is 0 Å². The molecule has 0 radical (unpaired) electrons. The van der Waals surface area contributed by atoms with Crippen LogP contribution in [-0.4, -0.2) is 28.5 Å². The number of nitrogens with zero attached hydrogens (tertiary/aromatic N) is 1. The van der Waals surface area contributed by atoms with Crippen LogP contribution in [0.15, 0.2) is 71.2 Å². The predicted octanol–water partition coefficient (Wildman–Crippen LogP) is 6.10. The van der Waals surface area contributed by atoms with E-state index in [-0.39, 0.29) is 13.0 Å². The van der Waals surface area contributed by atoms with E-state index in [0.29, 0.717) is 36.8 Å². The standard InChI is InChI=1S/C25H20BrCl2NO4/c1-2-33-23(30)14-22(15-3-8-18(27)9-4-15)29-24(31)20-13-17(26)7-12-21(20)25(29,32)16-5-10-19(28)11-6-16/h3-13,22,32H,2,14H2,1H3. The Bertz CT molecular complexity index is 1200. The van der Waals surface area contributed by atoms with Crippen molar-refractivity contribution in [3.63, 3.8) is 0 Å². The molecule has 1 N–H and O–H groups in total. The fraction of sp³-hybridized carbons (Fsp3) is 0.200. The molecule has 0 spiro atoms. The molecule has 0 bridgehead atoms. The summed E-state index contributed by atoms with van der Waals surface area (Å²) >= 11 is 15.6. The largest absolute Gasteiger partial charge is 0.466 e. The van der Waals surface area contributed by atoms with Crippen molar-refractivity contribution in [3.05, 3.63) is 104 Å². The number of aliphatic hydroxyl groups is 1. The van der Waals surface area contributed by atoms with Gasteiger partial charge in [-0.15, -0.1) is 0 Å². The van der Waals surface area contributed by atoms with E-state index in [0.717, 1.165) is 0 Å². The topological polar surface area (TPSA) is 66.8 Å². The number of fused-ring (bicyclic) bond motifs is 1. The van der Waals surface area contributed by atoms with Crippen LogP contribution in [0.1, 0.15) is 46.4 Å². The molecule has 0 aromatic heterocycles. The van der Waals surface area contributed by atoms with Crippen LogP contribution in [0.4, 0.5) is 0 Å². The van der Waals surface area contributed by atoms with Crippen LogP contribution >= 0.6 is 39.1 Å². The van der Waals surface area contributed by atoms with Crippen molar-refractivity contribution in [2.45, 2.75) is 25.1 Å². The third-order valence-corrected chi connectivity index (χ3v) is 6.63. The van der Waals surface area contributed by atoms with Gasteiger partial charge >= 0.3 is 5.97 Å². The van der Waals surface area contributed by atoms with Crippen molar-refractivity contribution >= 4 is 51.0 Å². The zero-order valence-corrected chi connectivity index (χ0v) is 20.7. The lowest BCUT2D eigenvalue weighted by Gasteiger charge is -2.40. The molecule has 3 aromatic rings. The summed E-state index contributed by atoms with van der Waals surface area (Å²) in [5, 5.41) is 13.2. The number of amides is 1. The molecule has 4 rings (SSSR count). The lowest BCUT2D eigenvalue weighted by atomic mass is 9.91. The van der Waals surface area contributed by atoms with E-state index in [4.69, 9.17) is 27.9 Å². The molecule has 1 heterocycles. The van der Waals surface area contributed by atoms with E-state index >= 15 is 0 Å². The van der Waals surface area contributed by atoms with Gasteiger partial charge in [-0.25, -0.2) is 0 Å². The summed E-state index contributed by atoms with van der Waals surface area (Å²) in [5.41, 5.74) is 0.00353. The van der Waals surface area contributed by atoms with Gasteiger partial charge in [-0.05, 0) is 48.9 Å². The number of esters is 1. The SMILES string of the molecule is CCOC(=O)CC(c1ccc(Cl)cc1)N1C(=O)c2cc(Br)ccc2C1(O)c1ccc(Cl)cc1. The summed E-state index contributed by atoms with van der Waals surface area (Å²) < 4.78 is 5.89. The molecule has 8 heteroatoms. The van der Waals surface area contributed by atoms with Crippen molar-refractivity contribution in [3.8, 4) is 0 Å². The molecular weight excluding hydrogens is 529 g/mol. The van der Waals surface area contributed by atoms with E-state index < -0.39 is 23.6 Å². The van der Waals surface area contributed by atoms with E-state index in [1.807, 2.05) is 0 Å². The van der Waals surface area contributed by atoms with Gasteiger partial charge in [-0.1, -0.05) is 69.5 Å². The smallest absolute Gasteiger partial charge is 0.308 e. The predicted molar refractivity (Wildman–Crippen MR) is 130 cm³/mol. The molecule has 0 fully saturated rings. The molecule has 2 unspecified atom stereocenters. The summed E-state index contributed by atoms with van der Waals surface area (Å²) in [6.07, 6.45) is -0.147. The highest BCUT2D eigenvalue weighted by molar-refractivity contribution is 9.10. The number of benzene rings is 3. The zero-order valence-electron chi connectivity index (χ0n) is 17.6. The van der Waals surface area contributed by atoms with Crippen LogP contribution in [0.25, 0.3) is 0 Å². The van der Waals surface area contributed by atoms with Gasteiger partial charge in [0.15, 0.2) is 5.72 Å². The van der Waals surface area contributed by atoms with Crippen LogP contribution in [0, 0.1) is 0 Å². The first-order valence-corrected chi connectivity index (χ1v) is 11.8. The Labute approximate surface area is 210 Å². The highest BCUT2D eigenvalue weighted by Crippen LogP contribution is 2.48. The van der Waals surface area contributed by atoms with Crippen molar-refractivity contribution in [2.75, 3.05) is 6.61 Å². The van der Waals surface area contributed by atoms with Gasteiger partial charge in [0.1, 0.15) is 0 Å². The maximum atomic E-state index is 13.8. The third kappa shape index (κ3) is 4.41. The summed E-state index contributed by atoms with van der Waals surface area (Å²) in [4.78, 5) is 27.7. The number of hydrogen-bond acceptors (Lipinski definition) is 4. The van der Waals surface area contributed by atoms with Crippen LogP contribution in [0.5, 0.6) is 0 Å². The van der Waals surface area contributed by atoms with Crippen molar-refractivity contribution < 1.29 is 19.4 Å². The molecule has 5 nitrogen and oxygen atoms in total. The lowest BCUT2D eigenvalue weighted by molar-refractivity contribution is -0.146. The molecule has 2 atom stereocenters. The minimum atomic E-state index is -1.84. The van der Waals surface area contributed by atoms with E-state index in [1.165, 1.54) is 4.90 Å². The first-order valence-electron chi connectivity index (χ1n) is 10.3. The maximum Gasteiger partial charge on any atom is 0.308 e. The Hall–Kier alpha value is -2.38. The molecule has 1 aliphatic heterocycles. The van der Waals surface area contributed by atoms with E-state index in [1.54, 1.807) is 73.7 Å². The van der Waals surface area contributed by atoms with Crippen LogP contribution < -0.4 is 0 Å². The number of ether oxygens (including phenoxy) is 1. The van der Waals surface area contributed by atoms with Gasteiger partial charge in [0.2, 0.25) is 0 Å². The minimum absolute atomic E-state index is 0.147. The third-order valence-electron chi connectivity index (χ3n) is 5.63. The van der Waals surface area contributed by atoms with Gasteiger partial charge in [0, 0.05) is 31.2 Å². The van der Waals surface area contributed by atoms with Gasteiger partial charge in [0.25, 0.3) is 5.91 Å². The van der Waals surface area contributed by atoms with Gasteiger partial charge in [-0.3, -0.25) is 14.5 Å². The number of carbonyl (C=O) groups excluding carboxylic acids is 2. The summed E-state index contributed by atoms with van der Waals surface area (Å²) in [5.74, 6) is -0.895. The summed E-state index contributed by atoms with van der Waals surface area (Å²) in [6, 6.07) is 17.8. The Morgan fingerprint density at radius 3 is 2.27 bits per heavy atom. The van der Waals surface area contributed by atoms with Gasteiger partial charge in [0.05, 0.1) is 19.1 Å². The molecule has 33 heavy (non-hydrogen) atoms. The first kappa shape index (κ1) is 23.8. The second-order valence-corrected chi connectivity index (χ2v) is 9.41. The Balaban J connectivity index is 1.93. The van der Waals surface area contributed by atoms with Crippen molar-refractivity contribution in [1.29, 1.82) is 0 Å². The average molecular weight is 549 g/mol. The lowest BCUT2D eigenvalue weighted by Crippen LogP contribution is -2.47. The summed E-state index contributed by atoms with van der Waals surface area (Å²) in [7, 11) is 0. The molecular formula is C25H20BrCl2NO4. The fourth-order valence-electron chi connectivity index (χ4n) is 4.17. The molecule has 170 valence electrons. The second kappa shape index (κ2) is 9.47. The van der Waals surface area contributed by atoms with Crippen molar-refractivity contribution in [1.82, 2.24) is 4.90 Å². The number of halogens is 3. The second-order valence-electron chi connectivity index (χ2n) is 7.62. The van der Waals surface area contributed by atoms with Gasteiger partial charge < -0.3 is 9.84 Å². The van der Waals surface area contributed by atoms with Crippen molar-refractivity contribution in [2.24, 2.45) is 0 Å². The Morgan fingerprint density at radius 2 is 1.67 bits per heavy atom. The molecule has 0 saturated carbocycles. The molecule has 1 amide bonds. The Morgan fingerprint density at radius 1 is 1.06 bits per heavy atom. The zero-order chi connectivity index (χ0) is 23.8. The van der Waals surface area contributed by atoms with Crippen LogP contribution in [-0.2, 0) is 15.3 Å². The highest BCUT2D eigenvalue weighted by Gasteiger charge is 2.53. The minimum Gasteiger partial charge on any atom is -0.466 e. The molecule has 3 aromatic carbocycles. The maximum absolute atomic E-state index is 13.8. The molecule has 0 aliphatic carbocycles. The highest BCUT2D eigenvalue weighted by atomic mass is 79.9. The number of rotatable bonds is 6. The Kier molecular flexibility index (Phi) is 6.82. The average Bonchev–Trinajstić information content (AvgIpc) is 3.00. The molecule has 0 saturated heterocycles. The van der Waals surface area contributed by atoms with E-state index in [2.05, 4.69) is 15.9 Å². The monoisotopic (exact) mass is 547 g/mol. The first-order chi connectivity index (χ1) is 15.8. The number of hydrogen-bond donors (Lipinski definition) is 1. The number of carbonyl (C=O) groups is 2. The van der Waals surface area contributed by atoms with Gasteiger partial charge in [-0.2, -0.15) is 0 Å². The fourth-order valence-corrected chi connectivity index (χ4v) is 4.78.